The Labute approximate surface area is 125 Å². The lowest BCUT2D eigenvalue weighted by atomic mass is 9.76. The molecule has 1 aliphatic heterocycles. The second-order valence-electron chi connectivity index (χ2n) is 6.35. The van der Waals surface area contributed by atoms with Gasteiger partial charge in [-0.3, -0.25) is 14.5 Å². The first-order valence-corrected chi connectivity index (χ1v) is 7.44. The monoisotopic (exact) mass is 285 g/mol. The van der Waals surface area contributed by atoms with Gasteiger partial charge >= 0.3 is 0 Å². The van der Waals surface area contributed by atoms with E-state index in [2.05, 4.69) is 6.08 Å². The molecular formula is C17H21N2O2+. The minimum absolute atomic E-state index is 0.00388. The number of amides is 2. The number of nitrogens with zero attached hydrogens (tertiary/aromatic N) is 2. The zero-order chi connectivity index (χ0) is 15.1. The van der Waals surface area contributed by atoms with Crippen LogP contribution in [0.25, 0.3) is 0 Å². The van der Waals surface area contributed by atoms with Gasteiger partial charge in [-0.25, -0.2) is 4.57 Å². The Kier molecular flexibility index (Phi) is 3.40. The number of fused-ring (bicyclic) bond motifs is 1. The molecule has 2 heterocycles. The SMILES string of the molecule is CC1=C[C@H](C)[C@@H]2C(=O)N(Cc3ccc[n+](C)c3)C(=O)[C@@H]2C1. The van der Waals surface area contributed by atoms with E-state index in [-0.39, 0.29) is 29.6 Å². The third-order valence-electron chi connectivity index (χ3n) is 4.57. The number of aromatic nitrogens is 1. The van der Waals surface area contributed by atoms with Crippen LogP contribution in [0.5, 0.6) is 0 Å². The number of allylic oxidation sites excluding steroid dienone is 2. The normalized spacial score (nSPS) is 28.6. The van der Waals surface area contributed by atoms with Crippen LogP contribution in [-0.2, 0) is 23.2 Å². The molecule has 0 N–H and O–H groups in total. The lowest BCUT2D eigenvalue weighted by Crippen LogP contribution is -2.33. The van der Waals surface area contributed by atoms with E-state index in [4.69, 9.17) is 0 Å². The van der Waals surface area contributed by atoms with Crippen molar-refractivity contribution in [2.45, 2.75) is 26.8 Å². The molecule has 0 saturated carbocycles. The lowest BCUT2D eigenvalue weighted by Gasteiger charge is -2.25. The number of rotatable bonds is 2. The summed E-state index contributed by atoms with van der Waals surface area (Å²) in [5.41, 5.74) is 2.20. The van der Waals surface area contributed by atoms with Crippen molar-refractivity contribution in [1.82, 2.24) is 4.90 Å². The van der Waals surface area contributed by atoms with Crippen molar-refractivity contribution in [2.24, 2.45) is 24.8 Å². The number of imide groups is 1. The smallest absolute Gasteiger partial charge is 0.234 e. The number of aryl methyl sites for hydroxylation is 1. The molecule has 110 valence electrons. The molecule has 21 heavy (non-hydrogen) atoms. The van der Waals surface area contributed by atoms with E-state index < -0.39 is 0 Å². The lowest BCUT2D eigenvalue weighted by molar-refractivity contribution is -0.672. The minimum atomic E-state index is -0.168. The Balaban J connectivity index is 1.86. The van der Waals surface area contributed by atoms with Crippen molar-refractivity contribution in [3.63, 3.8) is 0 Å². The van der Waals surface area contributed by atoms with E-state index in [1.54, 1.807) is 0 Å². The number of pyridine rings is 1. The van der Waals surface area contributed by atoms with Crippen LogP contribution < -0.4 is 4.57 Å². The zero-order valence-corrected chi connectivity index (χ0v) is 12.7. The summed E-state index contributed by atoms with van der Waals surface area (Å²) in [6, 6.07) is 3.89. The second-order valence-corrected chi connectivity index (χ2v) is 6.35. The number of carbonyl (C=O) groups is 2. The van der Waals surface area contributed by atoms with Crippen molar-refractivity contribution in [1.29, 1.82) is 0 Å². The molecule has 0 bridgehead atoms. The maximum Gasteiger partial charge on any atom is 0.234 e. The van der Waals surface area contributed by atoms with Crippen LogP contribution in [0, 0.1) is 17.8 Å². The summed E-state index contributed by atoms with van der Waals surface area (Å²) in [6.45, 7) is 4.47. The van der Waals surface area contributed by atoms with E-state index in [1.165, 1.54) is 10.5 Å². The van der Waals surface area contributed by atoms with Crippen LogP contribution in [0.4, 0.5) is 0 Å². The molecule has 1 aromatic heterocycles. The summed E-state index contributed by atoms with van der Waals surface area (Å²) in [6.07, 6.45) is 6.75. The highest BCUT2D eigenvalue weighted by Crippen LogP contribution is 2.41. The summed E-state index contributed by atoms with van der Waals surface area (Å²) < 4.78 is 1.93. The highest BCUT2D eigenvalue weighted by Gasteiger charge is 2.50. The summed E-state index contributed by atoms with van der Waals surface area (Å²) >= 11 is 0. The zero-order valence-electron chi connectivity index (χ0n) is 12.7. The quantitative estimate of drug-likeness (QED) is 0.470. The molecule has 1 fully saturated rings. The number of hydrogen-bond acceptors (Lipinski definition) is 2. The van der Waals surface area contributed by atoms with Crippen LogP contribution in [0.1, 0.15) is 25.8 Å². The predicted octanol–water partition coefficient (Wildman–Crippen LogP) is 1.60. The van der Waals surface area contributed by atoms with E-state index in [0.717, 1.165) is 12.0 Å². The summed E-state index contributed by atoms with van der Waals surface area (Å²) in [5.74, 6) is -0.186. The molecule has 1 aromatic rings. The maximum atomic E-state index is 12.6. The second kappa shape index (κ2) is 5.10. The van der Waals surface area contributed by atoms with Gasteiger partial charge in [0.15, 0.2) is 12.4 Å². The molecular weight excluding hydrogens is 264 g/mol. The molecule has 1 aliphatic carbocycles. The van der Waals surface area contributed by atoms with Crippen LogP contribution in [-0.4, -0.2) is 16.7 Å². The first kappa shape index (κ1) is 14.0. The Morgan fingerprint density at radius 3 is 2.81 bits per heavy atom. The van der Waals surface area contributed by atoms with Gasteiger partial charge in [0.2, 0.25) is 11.8 Å². The first-order chi connectivity index (χ1) is 9.97. The highest BCUT2D eigenvalue weighted by molar-refractivity contribution is 6.05. The van der Waals surface area contributed by atoms with E-state index in [1.807, 2.05) is 50.0 Å². The van der Waals surface area contributed by atoms with Gasteiger partial charge in [0.05, 0.1) is 18.4 Å². The van der Waals surface area contributed by atoms with E-state index in [9.17, 15) is 9.59 Å². The third-order valence-corrected chi connectivity index (χ3v) is 4.57. The molecule has 0 spiro atoms. The molecule has 3 rings (SSSR count). The molecule has 2 aliphatic rings. The minimum Gasteiger partial charge on any atom is -0.277 e. The van der Waals surface area contributed by atoms with Crippen molar-refractivity contribution in [2.75, 3.05) is 0 Å². The average Bonchev–Trinajstić information content (AvgIpc) is 2.64. The fourth-order valence-electron chi connectivity index (χ4n) is 3.67. The number of carbonyl (C=O) groups excluding carboxylic acids is 2. The summed E-state index contributed by atoms with van der Waals surface area (Å²) in [5, 5.41) is 0. The fraction of sp³-hybridized carbons (Fsp3) is 0.471. The van der Waals surface area contributed by atoms with Crippen molar-refractivity contribution < 1.29 is 14.2 Å². The van der Waals surface area contributed by atoms with Gasteiger partial charge in [-0.2, -0.15) is 0 Å². The van der Waals surface area contributed by atoms with Gasteiger partial charge in [0.25, 0.3) is 0 Å². The van der Waals surface area contributed by atoms with Gasteiger partial charge < -0.3 is 0 Å². The molecule has 0 unspecified atom stereocenters. The summed E-state index contributed by atoms with van der Waals surface area (Å²) in [4.78, 5) is 26.7. The molecule has 0 aromatic carbocycles. The van der Waals surface area contributed by atoms with E-state index >= 15 is 0 Å². The van der Waals surface area contributed by atoms with Crippen LogP contribution in [0.15, 0.2) is 36.2 Å². The standard InChI is InChI=1S/C17H21N2O2/c1-11-7-12(2)15-14(8-11)16(20)19(17(15)21)10-13-5-4-6-18(3)9-13/h4-7,9,12,14-15H,8,10H2,1-3H3/q+1/t12-,14+,15-/m0/s1. The van der Waals surface area contributed by atoms with Gasteiger partial charge in [-0.05, 0) is 25.3 Å². The molecule has 3 atom stereocenters. The molecule has 4 nitrogen and oxygen atoms in total. The average molecular weight is 285 g/mol. The Morgan fingerprint density at radius 1 is 1.33 bits per heavy atom. The van der Waals surface area contributed by atoms with Gasteiger partial charge in [0.1, 0.15) is 7.05 Å². The molecule has 0 radical (unpaired) electrons. The van der Waals surface area contributed by atoms with Crippen LogP contribution in [0.3, 0.4) is 0 Å². The Morgan fingerprint density at radius 2 is 2.10 bits per heavy atom. The summed E-state index contributed by atoms with van der Waals surface area (Å²) in [7, 11) is 1.94. The molecule has 1 saturated heterocycles. The largest absolute Gasteiger partial charge is 0.277 e. The van der Waals surface area contributed by atoms with Gasteiger partial charge in [-0.1, -0.05) is 18.6 Å². The van der Waals surface area contributed by atoms with Crippen LogP contribution >= 0.6 is 0 Å². The van der Waals surface area contributed by atoms with Crippen LogP contribution in [0.2, 0.25) is 0 Å². The van der Waals surface area contributed by atoms with Gasteiger partial charge in [-0.15, -0.1) is 0 Å². The van der Waals surface area contributed by atoms with Gasteiger partial charge in [0, 0.05) is 11.6 Å². The van der Waals surface area contributed by atoms with Crippen molar-refractivity contribution in [3.05, 3.63) is 41.7 Å². The Hall–Kier alpha value is -1.97. The van der Waals surface area contributed by atoms with Crippen molar-refractivity contribution >= 4 is 11.8 Å². The Bertz CT molecular complexity index is 635. The molecule has 2 amide bonds. The first-order valence-electron chi connectivity index (χ1n) is 7.44. The number of hydrogen-bond donors (Lipinski definition) is 0. The highest BCUT2D eigenvalue weighted by atomic mass is 16.2. The van der Waals surface area contributed by atoms with Crippen molar-refractivity contribution in [3.8, 4) is 0 Å². The third kappa shape index (κ3) is 2.39. The number of likely N-dealkylation sites (tertiary alicyclic amines) is 1. The maximum absolute atomic E-state index is 12.6. The topological polar surface area (TPSA) is 41.3 Å². The fourth-order valence-corrected chi connectivity index (χ4v) is 3.67. The molecule has 4 heteroatoms. The van der Waals surface area contributed by atoms with E-state index in [0.29, 0.717) is 6.54 Å². The predicted molar refractivity (Wildman–Crippen MR) is 77.7 cm³/mol.